The summed E-state index contributed by atoms with van der Waals surface area (Å²) >= 11 is 3.33. The third-order valence-electron chi connectivity index (χ3n) is 4.76. The van der Waals surface area contributed by atoms with Crippen molar-refractivity contribution in [3.8, 4) is 5.88 Å². The number of thiazole rings is 1. The lowest BCUT2D eigenvalue weighted by atomic mass is 9.97. The van der Waals surface area contributed by atoms with Crippen LogP contribution in [0.25, 0.3) is 4.96 Å². The lowest BCUT2D eigenvalue weighted by Crippen LogP contribution is -2.37. The fourth-order valence-corrected chi connectivity index (χ4v) is 5.89. The van der Waals surface area contributed by atoms with Crippen molar-refractivity contribution in [2.24, 2.45) is 5.92 Å². The predicted molar refractivity (Wildman–Crippen MR) is 98.1 cm³/mol. The van der Waals surface area contributed by atoms with Crippen molar-refractivity contribution in [1.82, 2.24) is 19.5 Å². The van der Waals surface area contributed by atoms with Gasteiger partial charge in [-0.3, -0.25) is 4.90 Å². The zero-order valence-electron chi connectivity index (χ0n) is 14.2. The third-order valence-corrected chi connectivity index (χ3v) is 6.90. The molecule has 2 atom stereocenters. The van der Waals surface area contributed by atoms with Gasteiger partial charge in [-0.1, -0.05) is 18.3 Å². The molecule has 0 saturated carbocycles. The van der Waals surface area contributed by atoms with Crippen LogP contribution in [0.1, 0.15) is 46.9 Å². The maximum absolute atomic E-state index is 10.8. The van der Waals surface area contributed by atoms with Crippen molar-refractivity contribution in [3.63, 3.8) is 0 Å². The number of aromatic hydroxyl groups is 1. The lowest BCUT2D eigenvalue weighted by molar-refractivity contribution is 0.150. The Morgan fingerprint density at radius 3 is 2.83 bits per heavy atom. The number of thiophene rings is 1. The summed E-state index contributed by atoms with van der Waals surface area (Å²) in [6, 6.07) is 2.26. The standard InChI is InChI=1S/C17H22N4OS2/c1-10-5-4-7-20(9-10)13(14-11(2)6-8-23-14)15-16(22)21-17(24-15)18-12(3)19-21/h6,8,10,13,22H,4-5,7,9H2,1-3H3/t10-,13+/m0/s1. The minimum atomic E-state index is 0.0987. The first kappa shape index (κ1) is 16.1. The van der Waals surface area contributed by atoms with E-state index in [1.807, 2.05) is 6.92 Å². The number of nitrogens with zero attached hydrogens (tertiary/aromatic N) is 4. The highest BCUT2D eigenvalue weighted by atomic mass is 32.1. The Kier molecular flexibility index (Phi) is 4.10. The molecule has 4 heterocycles. The normalized spacial score (nSPS) is 20.7. The van der Waals surface area contributed by atoms with Gasteiger partial charge in [0.15, 0.2) is 0 Å². The molecule has 7 heteroatoms. The quantitative estimate of drug-likeness (QED) is 0.765. The van der Waals surface area contributed by atoms with E-state index >= 15 is 0 Å². The molecule has 3 aromatic heterocycles. The number of fused-ring (bicyclic) bond motifs is 1. The van der Waals surface area contributed by atoms with Crippen LogP contribution in [0.5, 0.6) is 5.88 Å². The molecular formula is C17H22N4OS2. The number of piperidine rings is 1. The van der Waals surface area contributed by atoms with E-state index in [-0.39, 0.29) is 11.9 Å². The predicted octanol–water partition coefficient (Wildman–Crippen LogP) is 4.00. The number of aryl methyl sites for hydroxylation is 2. The molecule has 5 nitrogen and oxygen atoms in total. The topological polar surface area (TPSA) is 53.7 Å². The summed E-state index contributed by atoms with van der Waals surface area (Å²) in [7, 11) is 0. The zero-order valence-corrected chi connectivity index (χ0v) is 15.8. The Morgan fingerprint density at radius 2 is 2.17 bits per heavy atom. The molecule has 128 valence electrons. The van der Waals surface area contributed by atoms with Gasteiger partial charge in [-0.15, -0.1) is 16.4 Å². The molecule has 0 radical (unpaired) electrons. The molecule has 0 aromatic carbocycles. The highest BCUT2D eigenvalue weighted by molar-refractivity contribution is 7.17. The molecule has 1 N–H and O–H groups in total. The van der Waals surface area contributed by atoms with E-state index in [4.69, 9.17) is 0 Å². The zero-order chi connectivity index (χ0) is 16.8. The summed E-state index contributed by atoms with van der Waals surface area (Å²) < 4.78 is 1.58. The molecule has 3 aromatic rings. The van der Waals surface area contributed by atoms with Gasteiger partial charge in [0.05, 0.1) is 10.9 Å². The Balaban J connectivity index is 1.83. The maximum atomic E-state index is 10.8. The molecule has 0 unspecified atom stereocenters. The van der Waals surface area contributed by atoms with Crippen molar-refractivity contribution < 1.29 is 5.11 Å². The Morgan fingerprint density at radius 1 is 1.33 bits per heavy atom. The van der Waals surface area contributed by atoms with Crippen LogP contribution in [-0.2, 0) is 0 Å². The van der Waals surface area contributed by atoms with Gasteiger partial charge in [0.1, 0.15) is 5.82 Å². The van der Waals surface area contributed by atoms with Crippen LogP contribution >= 0.6 is 22.7 Å². The van der Waals surface area contributed by atoms with Crippen molar-refractivity contribution in [2.45, 2.75) is 39.7 Å². The fourth-order valence-electron chi connectivity index (χ4n) is 3.60. The van der Waals surface area contributed by atoms with E-state index in [1.165, 1.54) is 23.3 Å². The molecule has 0 aliphatic carbocycles. The van der Waals surface area contributed by atoms with Crippen LogP contribution in [0.15, 0.2) is 11.4 Å². The van der Waals surface area contributed by atoms with E-state index in [9.17, 15) is 5.11 Å². The molecule has 1 fully saturated rings. The first-order valence-corrected chi connectivity index (χ1v) is 10.1. The molecular weight excluding hydrogens is 340 g/mol. The largest absolute Gasteiger partial charge is 0.492 e. The number of rotatable bonds is 3. The second kappa shape index (κ2) is 6.13. The highest BCUT2D eigenvalue weighted by Crippen LogP contribution is 2.43. The second-order valence-corrected chi connectivity index (χ2v) is 8.71. The third kappa shape index (κ3) is 2.64. The van der Waals surface area contributed by atoms with Gasteiger partial charge < -0.3 is 5.11 Å². The summed E-state index contributed by atoms with van der Waals surface area (Å²) in [5.41, 5.74) is 1.29. The van der Waals surface area contributed by atoms with Crippen molar-refractivity contribution in [1.29, 1.82) is 0 Å². The smallest absolute Gasteiger partial charge is 0.230 e. The summed E-state index contributed by atoms with van der Waals surface area (Å²) in [5, 5.41) is 17.3. The van der Waals surface area contributed by atoms with Gasteiger partial charge in [0.2, 0.25) is 10.8 Å². The molecule has 1 saturated heterocycles. The first-order chi connectivity index (χ1) is 11.5. The molecule has 1 aliphatic heterocycles. The molecule has 0 amide bonds. The number of hydrogen-bond donors (Lipinski definition) is 1. The average molecular weight is 363 g/mol. The summed E-state index contributed by atoms with van der Waals surface area (Å²) in [4.78, 5) is 10.0. The fraction of sp³-hybridized carbons (Fsp3) is 0.529. The van der Waals surface area contributed by atoms with Crippen LogP contribution in [0.2, 0.25) is 0 Å². The Bertz CT molecular complexity index is 865. The van der Waals surface area contributed by atoms with E-state index in [1.54, 1.807) is 27.2 Å². The highest BCUT2D eigenvalue weighted by Gasteiger charge is 2.33. The SMILES string of the molecule is Cc1nc2sc([C@@H](c3sccc3C)N3CCC[C@H](C)C3)c(O)n2n1. The van der Waals surface area contributed by atoms with E-state index in [0.29, 0.717) is 11.7 Å². The summed E-state index contributed by atoms with van der Waals surface area (Å²) in [6.07, 6.45) is 2.50. The van der Waals surface area contributed by atoms with Crippen molar-refractivity contribution in [3.05, 3.63) is 32.6 Å². The lowest BCUT2D eigenvalue weighted by Gasteiger charge is -2.36. The Hall–Kier alpha value is -1.44. The summed E-state index contributed by atoms with van der Waals surface area (Å²) in [5.74, 6) is 1.62. The second-order valence-electron chi connectivity index (χ2n) is 6.76. The van der Waals surface area contributed by atoms with Crippen LogP contribution in [0.4, 0.5) is 0 Å². The average Bonchev–Trinajstić information content (AvgIpc) is 3.19. The number of likely N-dealkylation sites (tertiary alicyclic amines) is 1. The monoisotopic (exact) mass is 362 g/mol. The van der Waals surface area contributed by atoms with Crippen LogP contribution in [0.3, 0.4) is 0 Å². The molecule has 1 aliphatic rings. The van der Waals surface area contributed by atoms with Gasteiger partial charge in [-0.2, -0.15) is 4.52 Å². The number of hydrogen-bond acceptors (Lipinski definition) is 6. The van der Waals surface area contributed by atoms with Gasteiger partial charge in [0, 0.05) is 11.4 Å². The molecule has 0 spiro atoms. The van der Waals surface area contributed by atoms with Gasteiger partial charge >= 0.3 is 0 Å². The molecule has 24 heavy (non-hydrogen) atoms. The Labute approximate surface area is 149 Å². The van der Waals surface area contributed by atoms with E-state index in [0.717, 1.165) is 22.9 Å². The summed E-state index contributed by atoms with van der Waals surface area (Å²) in [6.45, 7) is 8.46. The van der Waals surface area contributed by atoms with Crippen molar-refractivity contribution >= 4 is 27.6 Å². The molecule has 4 rings (SSSR count). The number of aromatic nitrogens is 3. The minimum absolute atomic E-state index is 0.0987. The molecule has 0 bridgehead atoms. The van der Waals surface area contributed by atoms with Gasteiger partial charge in [0.25, 0.3) is 0 Å². The maximum Gasteiger partial charge on any atom is 0.230 e. The van der Waals surface area contributed by atoms with E-state index < -0.39 is 0 Å². The van der Waals surface area contributed by atoms with Crippen LogP contribution < -0.4 is 0 Å². The van der Waals surface area contributed by atoms with Gasteiger partial charge in [-0.05, 0) is 56.2 Å². The van der Waals surface area contributed by atoms with Crippen LogP contribution in [-0.4, -0.2) is 37.7 Å². The van der Waals surface area contributed by atoms with Crippen LogP contribution in [0, 0.1) is 19.8 Å². The minimum Gasteiger partial charge on any atom is -0.492 e. The van der Waals surface area contributed by atoms with Gasteiger partial charge in [-0.25, -0.2) is 4.98 Å². The van der Waals surface area contributed by atoms with Crippen molar-refractivity contribution in [2.75, 3.05) is 13.1 Å². The first-order valence-electron chi connectivity index (χ1n) is 8.37. The van der Waals surface area contributed by atoms with E-state index in [2.05, 4.69) is 40.3 Å².